The average molecular weight is 286 g/mol. The summed E-state index contributed by atoms with van der Waals surface area (Å²) in [5.41, 5.74) is 3.96. The quantitative estimate of drug-likeness (QED) is 0.848. The lowest BCUT2D eigenvalue weighted by atomic mass is 10.0. The molecule has 112 valence electrons. The summed E-state index contributed by atoms with van der Waals surface area (Å²) in [5.74, 6) is -0.516. The van der Waals surface area contributed by atoms with E-state index in [1.165, 1.54) is 16.7 Å². The molecular formula is C17H22N2O2. The van der Waals surface area contributed by atoms with E-state index < -0.39 is 5.79 Å². The molecule has 1 aliphatic heterocycles. The first-order chi connectivity index (χ1) is 10.2. The molecule has 0 radical (unpaired) electrons. The molecule has 1 saturated heterocycles. The monoisotopic (exact) mass is 286 g/mol. The largest absolute Gasteiger partial charge is 0.346 e. The van der Waals surface area contributed by atoms with Crippen molar-refractivity contribution in [3.8, 4) is 0 Å². The topological polar surface area (TPSA) is 36.3 Å². The predicted molar refractivity (Wildman–Crippen MR) is 81.1 cm³/mol. The normalized spacial score (nSPS) is 17.2. The number of hydrogen-bond donors (Lipinski definition) is 0. The number of aromatic nitrogens is 2. The number of benzene rings is 1. The van der Waals surface area contributed by atoms with Gasteiger partial charge in [-0.1, -0.05) is 29.3 Å². The summed E-state index contributed by atoms with van der Waals surface area (Å²) in [4.78, 5) is 4.09. The van der Waals surface area contributed by atoms with Gasteiger partial charge in [0.05, 0.1) is 26.1 Å². The highest BCUT2D eigenvalue weighted by molar-refractivity contribution is 5.28. The number of imidazole rings is 1. The lowest BCUT2D eigenvalue weighted by Crippen LogP contribution is -2.35. The van der Waals surface area contributed by atoms with Crippen LogP contribution in [-0.2, 0) is 22.4 Å². The van der Waals surface area contributed by atoms with Gasteiger partial charge >= 0.3 is 0 Å². The van der Waals surface area contributed by atoms with Gasteiger partial charge in [-0.25, -0.2) is 4.98 Å². The standard InChI is InChI=1S/C17H22N2O2/c1-14-9-15(2)11-16(10-14)3-4-17(20-7-8-21-17)12-19-6-5-18-13-19/h5-6,9-11,13H,3-4,7-8,12H2,1-2H3. The molecule has 0 spiro atoms. The van der Waals surface area contributed by atoms with Gasteiger partial charge in [0, 0.05) is 18.8 Å². The van der Waals surface area contributed by atoms with E-state index in [-0.39, 0.29) is 0 Å². The van der Waals surface area contributed by atoms with Crippen LogP contribution in [0.1, 0.15) is 23.1 Å². The maximum Gasteiger partial charge on any atom is 0.186 e. The molecule has 0 aliphatic carbocycles. The van der Waals surface area contributed by atoms with Gasteiger partial charge in [0.1, 0.15) is 0 Å². The first kappa shape index (κ1) is 14.3. The second-order valence-electron chi connectivity index (χ2n) is 5.84. The van der Waals surface area contributed by atoms with Crippen LogP contribution in [0.3, 0.4) is 0 Å². The summed E-state index contributed by atoms with van der Waals surface area (Å²) in [5, 5.41) is 0. The minimum absolute atomic E-state index is 0.516. The summed E-state index contributed by atoms with van der Waals surface area (Å²) in [6.45, 7) is 6.31. The molecule has 2 heterocycles. The minimum Gasteiger partial charge on any atom is -0.346 e. The maximum atomic E-state index is 5.93. The third-order valence-corrected chi connectivity index (χ3v) is 3.87. The van der Waals surface area contributed by atoms with E-state index in [1.807, 2.05) is 17.1 Å². The molecule has 4 nitrogen and oxygen atoms in total. The van der Waals surface area contributed by atoms with Crippen LogP contribution in [0.2, 0.25) is 0 Å². The Morgan fingerprint density at radius 3 is 2.48 bits per heavy atom. The number of hydrogen-bond acceptors (Lipinski definition) is 3. The van der Waals surface area contributed by atoms with Crippen LogP contribution < -0.4 is 0 Å². The van der Waals surface area contributed by atoms with E-state index in [1.54, 1.807) is 6.20 Å². The van der Waals surface area contributed by atoms with Gasteiger partial charge in [0.15, 0.2) is 5.79 Å². The molecular weight excluding hydrogens is 264 g/mol. The van der Waals surface area contributed by atoms with Gasteiger partial charge < -0.3 is 14.0 Å². The van der Waals surface area contributed by atoms with Crippen molar-refractivity contribution in [2.24, 2.45) is 0 Å². The Hall–Kier alpha value is -1.65. The van der Waals surface area contributed by atoms with Crippen molar-refractivity contribution in [1.82, 2.24) is 9.55 Å². The third kappa shape index (κ3) is 3.52. The second-order valence-corrected chi connectivity index (χ2v) is 5.84. The number of ether oxygens (including phenoxy) is 2. The SMILES string of the molecule is Cc1cc(C)cc(CCC2(Cn3ccnc3)OCCO2)c1. The van der Waals surface area contributed by atoms with Crippen LogP contribution in [0, 0.1) is 13.8 Å². The Balaban J connectivity index is 1.70. The molecule has 4 heteroatoms. The lowest BCUT2D eigenvalue weighted by Gasteiger charge is -2.28. The fourth-order valence-electron chi connectivity index (χ4n) is 3.02. The molecule has 1 aromatic heterocycles. The molecule has 3 rings (SSSR count). The Kier molecular flexibility index (Phi) is 4.08. The van der Waals surface area contributed by atoms with Crippen LogP contribution >= 0.6 is 0 Å². The number of aryl methyl sites for hydroxylation is 3. The van der Waals surface area contributed by atoms with Gasteiger partial charge in [0.25, 0.3) is 0 Å². The van der Waals surface area contributed by atoms with Gasteiger partial charge in [0.2, 0.25) is 0 Å². The Morgan fingerprint density at radius 1 is 1.14 bits per heavy atom. The van der Waals surface area contributed by atoms with Crippen LogP contribution in [0.5, 0.6) is 0 Å². The third-order valence-electron chi connectivity index (χ3n) is 3.87. The molecule has 0 unspecified atom stereocenters. The van der Waals surface area contributed by atoms with Crippen LogP contribution in [0.4, 0.5) is 0 Å². The summed E-state index contributed by atoms with van der Waals surface area (Å²) in [7, 11) is 0. The van der Waals surface area contributed by atoms with Gasteiger partial charge in [-0.3, -0.25) is 0 Å². The first-order valence-electron chi connectivity index (χ1n) is 7.46. The summed E-state index contributed by atoms with van der Waals surface area (Å²) < 4.78 is 13.9. The van der Waals surface area contributed by atoms with Crippen molar-refractivity contribution >= 4 is 0 Å². The summed E-state index contributed by atoms with van der Waals surface area (Å²) in [6, 6.07) is 6.69. The maximum absolute atomic E-state index is 5.93. The van der Waals surface area contributed by atoms with E-state index in [0.717, 1.165) is 12.8 Å². The van der Waals surface area contributed by atoms with Gasteiger partial charge in [-0.15, -0.1) is 0 Å². The highest BCUT2D eigenvalue weighted by atomic mass is 16.7. The van der Waals surface area contributed by atoms with E-state index in [4.69, 9.17) is 9.47 Å². The Bertz CT molecular complexity index is 567. The number of nitrogens with zero attached hydrogens (tertiary/aromatic N) is 2. The van der Waals surface area contributed by atoms with E-state index in [9.17, 15) is 0 Å². The lowest BCUT2D eigenvalue weighted by molar-refractivity contribution is -0.171. The van der Waals surface area contributed by atoms with Crippen molar-refractivity contribution in [2.75, 3.05) is 13.2 Å². The zero-order chi connectivity index (χ0) is 14.7. The van der Waals surface area contributed by atoms with E-state index in [0.29, 0.717) is 19.8 Å². The molecule has 0 amide bonds. The molecule has 0 atom stereocenters. The molecule has 0 saturated carbocycles. The van der Waals surface area contributed by atoms with Crippen LogP contribution in [-0.4, -0.2) is 28.6 Å². The van der Waals surface area contributed by atoms with Crippen molar-refractivity contribution in [3.63, 3.8) is 0 Å². The van der Waals surface area contributed by atoms with Gasteiger partial charge in [-0.2, -0.15) is 0 Å². The van der Waals surface area contributed by atoms with Crippen LogP contribution in [0.25, 0.3) is 0 Å². The number of rotatable bonds is 5. The van der Waals surface area contributed by atoms with E-state index >= 15 is 0 Å². The molecule has 0 N–H and O–H groups in total. The molecule has 2 aromatic rings. The van der Waals surface area contributed by atoms with Crippen molar-refractivity contribution in [2.45, 2.75) is 39.0 Å². The Morgan fingerprint density at radius 2 is 1.86 bits per heavy atom. The molecule has 1 aliphatic rings. The zero-order valence-electron chi connectivity index (χ0n) is 12.7. The van der Waals surface area contributed by atoms with Crippen molar-refractivity contribution in [1.29, 1.82) is 0 Å². The van der Waals surface area contributed by atoms with Crippen molar-refractivity contribution < 1.29 is 9.47 Å². The molecule has 21 heavy (non-hydrogen) atoms. The first-order valence-corrected chi connectivity index (χ1v) is 7.46. The molecule has 1 fully saturated rings. The smallest absolute Gasteiger partial charge is 0.186 e. The van der Waals surface area contributed by atoms with E-state index in [2.05, 4.69) is 37.0 Å². The van der Waals surface area contributed by atoms with Crippen molar-refractivity contribution in [3.05, 3.63) is 53.6 Å². The van der Waals surface area contributed by atoms with Gasteiger partial charge in [-0.05, 0) is 25.8 Å². The average Bonchev–Trinajstić information content (AvgIpc) is 3.08. The highest BCUT2D eigenvalue weighted by Crippen LogP contribution is 2.27. The summed E-state index contributed by atoms with van der Waals surface area (Å²) in [6.07, 6.45) is 7.35. The fraction of sp³-hybridized carbons (Fsp3) is 0.471. The summed E-state index contributed by atoms with van der Waals surface area (Å²) >= 11 is 0. The zero-order valence-corrected chi connectivity index (χ0v) is 12.7. The molecule has 1 aromatic carbocycles. The second kappa shape index (κ2) is 6.00. The highest BCUT2D eigenvalue weighted by Gasteiger charge is 2.36. The molecule has 0 bridgehead atoms. The minimum atomic E-state index is -0.516. The predicted octanol–water partition coefficient (Wildman–Crippen LogP) is 2.88. The fourth-order valence-corrected chi connectivity index (χ4v) is 3.02. The Labute approximate surface area is 125 Å². The van der Waals surface area contributed by atoms with Crippen LogP contribution in [0.15, 0.2) is 36.9 Å².